The first-order valence-corrected chi connectivity index (χ1v) is 10.1. The maximum absolute atomic E-state index is 12.4. The van der Waals surface area contributed by atoms with E-state index in [9.17, 15) is 13.2 Å². The van der Waals surface area contributed by atoms with Gasteiger partial charge in [0.25, 0.3) is 0 Å². The monoisotopic (exact) mass is 379 g/mol. The topological polar surface area (TPSA) is 99.5 Å². The van der Waals surface area contributed by atoms with Crippen molar-refractivity contribution in [3.63, 3.8) is 0 Å². The largest absolute Gasteiger partial charge is 0.444 e. The first-order chi connectivity index (χ1) is 12.1. The number of nitrogens with one attached hydrogen (secondary N) is 1. The summed E-state index contributed by atoms with van der Waals surface area (Å²) in [5.74, 6) is 0. The molecule has 1 aliphatic carbocycles. The number of ether oxygens (including phenoxy) is 1. The molecule has 1 amide bonds. The molecule has 2 rings (SSSR count). The number of rotatable bonds is 7. The summed E-state index contributed by atoms with van der Waals surface area (Å²) in [6.45, 7) is 6.04. The van der Waals surface area contributed by atoms with Crippen LogP contribution < -0.4 is 4.72 Å². The number of sulfonamides is 1. The van der Waals surface area contributed by atoms with Gasteiger partial charge < -0.3 is 9.64 Å². The Morgan fingerprint density at radius 2 is 2.00 bits per heavy atom. The van der Waals surface area contributed by atoms with Crippen LogP contribution in [-0.4, -0.2) is 44.1 Å². The molecule has 0 atom stereocenters. The van der Waals surface area contributed by atoms with Crippen LogP contribution in [0.2, 0.25) is 0 Å². The van der Waals surface area contributed by atoms with Gasteiger partial charge in [-0.05, 0) is 52.2 Å². The first kappa shape index (κ1) is 20.2. The zero-order valence-electron chi connectivity index (χ0n) is 15.4. The van der Waals surface area contributed by atoms with Crippen LogP contribution >= 0.6 is 0 Å². The molecule has 0 bridgehead atoms. The van der Waals surface area contributed by atoms with Crippen molar-refractivity contribution in [1.29, 1.82) is 5.26 Å². The maximum atomic E-state index is 12.4. The number of nitrogens with zero attached hydrogens (tertiary/aromatic N) is 2. The fourth-order valence-corrected chi connectivity index (χ4v) is 3.69. The number of amides is 1. The van der Waals surface area contributed by atoms with E-state index in [4.69, 9.17) is 10.00 Å². The van der Waals surface area contributed by atoms with Gasteiger partial charge in [0.2, 0.25) is 10.0 Å². The van der Waals surface area contributed by atoms with E-state index in [1.807, 2.05) is 26.8 Å². The molecule has 1 fully saturated rings. The molecule has 0 saturated heterocycles. The van der Waals surface area contributed by atoms with E-state index in [0.717, 1.165) is 12.8 Å². The Kier molecular flexibility index (Phi) is 6.26. The molecule has 1 aromatic rings. The van der Waals surface area contributed by atoms with Gasteiger partial charge in [-0.15, -0.1) is 0 Å². The van der Waals surface area contributed by atoms with Crippen LogP contribution in [0.15, 0.2) is 29.2 Å². The summed E-state index contributed by atoms with van der Waals surface area (Å²) in [6.07, 6.45) is 1.99. The minimum atomic E-state index is -3.76. The highest BCUT2D eigenvalue weighted by Gasteiger charge is 2.34. The van der Waals surface area contributed by atoms with Gasteiger partial charge in [-0.2, -0.15) is 5.26 Å². The lowest BCUT2D eigenvalue weighted by Gasteiger charge is -2.27. The van der Waals surface area contributed by atoms with Gasteiger partial charge >= 0.3 is 6.09 Å². The molecule has 0 unspecified atom stereocenters. The van der Waals surface area contributed by atoms with Crippen molar-refractivity contribution in [1.82, 2.24) is 9.62 Å². The van der Waals surface area contributed by atoms with Crippen molar-refractivity contribution >= 4 is 16.1 Å². The second-order valence-corrected chi connectivity index (χ2v) is 9.00. The van der Waals surface area contributed by atoms with Crippen LogP contribution in [0.5, 0.6) is 0 Å². The second kappa shape index (κ2) is 8.06. The summed E-state index contributed by atoms with van der Waals surface area (Å²) >= 11 is 0. The zero-order valence-corrected chi connectivity index (χ0v) is 16.2. The molecule has 0 aliphatic heterocycles. The van der Waals surface area contributed by atoms with E-state index in [1.165, 1.54) is 12.1 Å². The van der Waals surface area contributed by atoms with Crippen LogP contribution in [0.25, 0.3) is 0 Å². The van der Waals surface area contributed by atoms with Crippen molar-refractivity contribution in [3.8, 4) is 6.07 Å². The zero-order chi connectivity index (χ0) is 19.4. The molecule has 1 aliphatic rings. The lowest BCUT2D eigenvalue weighted by Crippen LogP contribution is -2.39. The van der Waals surface area contributed by atoms with Crippen molar-refractivity contribution in [3.05, 3.63) is 29.8 Å². The van der Waals surface area contributed by atoms with Gasteiger partial charge in [0.1, 0.15) is 11.7 Å². The van der Waals surface area contributed by atoms with Gasteiger partial charge in [0.15, 0.2) is 0 Å². The summed E-state index contributed by atoms with van der Waals surface area (Å²) in [7, 11) is -3.76. The summed E-state index contributed by atoms with van der Waals surface area (Å²) in [4.78, 5) is 13.9. The third kappa shape index (κ3) is 5.71. The molecule has 7 nitrogen and oxygen atoms in total. The summed E-state index contributed by atoms with van der Waals surface area (Å²) in [5.41, 5.74) is -0.458. The Morgan fingerprint density at radius 3 is 2.58 bits per heavy atom. The van der Waals surface area contributed by atoms with Gasteiger partial charge in [0, 0.05) is 19.1 Å². The smallest absolute Gasteiger partial charge is 0.410 e. The molecule has 0 heterocycles. The van der Waals surface area contributed by atoms with Crippen molar-refractivity contribution < 1.29 is 17.9 Å². The molecule has 142 valence electrons. The minimum absolute atomic E-state index is 0.0336. The van der Waals surface area contributed by atoms with E-state index >= 15 is 0 Å². The van der Waals surface area contributed by atoms with Crippen molar-refractivity contribution in [2.75, 3.05) is 13.1 Å². The van der Waals surface area contributed by atoms with Crippen LogP contribution in [0.3, 0.4) is 0 Å². The quantitative estimate of drug-likeness (QED) is 0.734. The predicted molar refractivity (Wildman–Crippen MR) is 96.9 cm³/mol. The molecule has 1 aromatic carbocycles. The Labute approximate surface area is 155 Å². The van der Waals surface area contributed by atoms with Crippen LogP contribution in [0.1, 0.15) is 45.6 Å². The van der Waals surface area contributed by atoms with E-state index in [2.05, 4.69) is 4.72 Å². The number of nitriles is 1. The van der Waals surface area contributed by atoms with Gasteiger partial charge in [-0.3, -0.25) is 0 Å². The number of carbonyl (C=O) groups excluding carboxylic acids is 1. The lowest BCUT2D eigenvalue weighted by atomic mass is 10.2. The second-order valence-electron chi connectivity index (χ2n) is 7.26. The van der Waals surface area contributed by atoms with E-state index in [0.29, 0.717) is 13.0 Å². The van der Waals surface area contributed by atoms with Gasteiger partial charge in [-0.25, -0.2) is 17.9 Å². The molecule has 1 saturated carbocycles. The fourth-order valence-electron chi connectivity index (χ4n) is 2.46. The third-order valence-corrected chi connectivity index (χ3v) is 5.30. The van der Waals surface area contributed by atoms with Crippen LogP contribution in [0, 0.1) is 11.3 Å². The molecule has 1 N–H and O–H groups in total. The van der Waals surface area contributed by atoms with E-state index in [-0.39, 0.29) is 29.1 Å². The lowest BCUT2D eigenvalue weighted by molar-refractivity contribution is 0.0232. The highest BCUT2D eigenvalue weighted by atomic mass is 32.2. The van der Waals surface area contributed by atoms with E-state index in [1.54, 1.807) is 17.0 Å². The molecule has 0 radical (unpaired) electrons. The molecule has 0 spiro atoms. The van der Waals surface area contributed by atoms with Gasteiger partial charge in [0.05, 0.1) is 10.5 Å². The molecule has 0 aromatic heterocycles. The minimum Gasteiger partial charge on any atom is -0.444 e. The van der Waals surface area contributed by atoms with E-state index < -0.39 is 15.6 Å². The molecule has 8 heteroatoms. The Balaban J connectivity index is 1.90. The Bertz CT molecular complexity index is 789. The van der Waals surface area contributed by atoms with Crippen LogP contribution in [-0.2, 0) is 14.8 Å². The predicted octanol–water partition coefficient (Wildman–Crippen LogP) is 2.63. The normalized spacial score (nSPS) is 14.5. The van der Waals surface area contributed by atoms with Gasteiger partial charge in [-0.1, -0.05) is 12.1 Å². The average Bonchev–Trinajstić information content (AvgIpc) is 3.37. The van der Waals surface area contributed by atoms with Crippen molar-refractivity contribution in [2.45, 2.75) is 56.6 Å². The summed E-state index contributed by atoms with van der Waals surface area (Å²) in [6, 6.07) is 8.12. The number of carbonyl (C=O) groups is 1. The number of hydrogen-bond acceptors (Lipinski definition) is 5. The summed E-state index contributed by atoms with van der Waals surface area (Å²) in [5, 5.41) is 9.05. The average molecular weight is 379 g/mol. The third-order valence-electron chi connectivity index (χ3n) is 3.78. The Morgan fingerprint density at radius 1 is 1.35 bits per heavy atom. The summed E-state index contributed by atoms with van der Waals surface area (Å²) < 4.78 is 32.6. The number of hydrogen-bond donors (Lipinski definition) is 1. The number of benzene rings is 1. The highest BCUT2D eigenvalue weighted by Crippen LogP contribution is 2.28. The standard InChI is InChI=1S/C18H25N3O4S/c1-18(2,3)25-17(22)21(15-9-10-15)12-6-11-20-26(23,24)16-8-5-4-7-14(16)13-19/h4-5,7-8,15,20H,6,9-12H2,1-3H3. The molecular formula is C18H25N3O4S. The van der Waals surface area contributed by atoms with Crippen LogP contribution in [0.4, 0.5) is 4.79 Å². The molecule has 26 heavy (non-hydrogen) atoms. The Hall–Kier alpha value is -2.11. The maximum Gasteiger partial charge on any atom is 0.410 e. The van der Waals surface area contributed by atoms with Crippen molar-refractivity contribution in [2.24, 2.45) is 0 Å². The SMILES string of the molecule is CC(C)(C)OC(=O)N(CCCNS(=O)(=O)c1ccccc1C#N)C1CC1. The molecular weight excluding hydrogens is 354 g/mol. The first-order valence-electron chi connectivity index (χ1n) is 8.62. The fraction of sp³-hybridized carbons (Fsp3) is 0.556. The highest BCUT2D eigenvalue weighted by molar-refractivity contribution is 7.89.